The standard InChI is InChI=1S/C17H15F3O3S/c1-16(21,17(18,19)20)12-11-13-7-9-15(10-8-13)24(22,23)14-5-3-2-4-6-14/h2-12,21H,1H3/b12-11+/t16-/m0/s1. The Morgan fingerprint density at radius 3 is 1.92 bits per heavy atom. The summed E-state index contributed by atoms with van der Waals surface area (Å²) in [7, 11) is -3.68. The molecule has 3 nitrogen and oxygen atoms in total. The zero-order valence-corrected chi connectivity index (χ0v) is 13.5. The van der Waals surface area contributed by atoms with E-state index in [-0.39, 0.29) is 9.79 Å². The summed E-state index contributed by atoms with van der Waals surface area (Å²) in [4.78, 5) is 0.168. The SMILES string of the molecule is C[C@](O)(/C=C/c1ccc(S(=O)(=O)c2ccccc2)cc1)C(F)(F)F. The van der Waals surface area contributed by atoms with Crippen LogP contribution >= 0.6 is 0 Å². The molecule has 2 aromatic carbocycles. The molecule has 1 N–H and O–H groups in total. The Bertz CT molecular complexity index is 822. The molecule has 2 rings (SSSR count). The molecule has 0 aliphatic carbocycles. The van der Waals surface area contributed by atoms with Crippen LogP contribution in [-0.2, 0) is 9.84 Å². The highest BCUT2D eigenvalue weighted by molar-refractivity contribution is 7.91. The third-order valence-corrected chi connectivity index (χ3v) is 5.20. The summed E-state index contributed by atoms with van der Waals surface area (Å²) < 4.78 is 62.5. The van der Waals surface area contributed by atoms with Gasteiger partial charge in [-0.1, -0.05) is 36.4 Å². The predicted molar refractivity (Wildman–Crippen MR) is 84.0 cm³/mol. The van der Waals surface area contributed by atoms with Crippen molar-refractivity contribution in [2.45, 2.75) is 28.5 Å². The van der Waals surface area contributed by atoms with Gasteiger partial charge < -0.3 is 5.11 Å². The average molecular weight is 356 g/mol. The number of rotatable bonds is 4. The fourth-order valence-corrected chi connectivity index (χ4v) is 3.13. The smallest absolute Gasteiger partial charge is 0.377 e. The van der Waals surface area contributed by atoms with Crippen molar-refractivity contribution < 1.29 is 26.7 Å². The van der Waals surface area contributed by atoms with E-state index < -0.39 is 21.6 Å². The number of aliphatic hydroxyl groups is 1. The summed E-state index contributed by atoms with van der Waals surface area (Å²) >= 11 is 0. The molecule has 0 aromatic heterocycles. The van der Waals surface area contributed by atoms with E-state index in [1.165, 1.54) is 36.4 Å². The number of sulfone groups is 1. The van der Waals surface area contributed by atoms with Crippen LogP contribution in [0, 0.1) is 0 Å². The van der Waals surface area contributed by atoms with Gasteiger partial charge in [-0.3, -0.25) is 0 Å². The van der Waals surface area contributed by atoms with E-state index in [2.05, 4.69) is 0 Å². The lowest BCUT2D eigenvalue weighted by atomic mass is 10.0. The van der Waals surface area contributed by atoms with Crippen molar-refractivity contribution in [1.82, 2.24) is 0 Å². The zero-order valence-electron chi connectivity index (χ0n) is 12.7. The van der Waals surface area contributed by atoms with Crippen molar-refractivity contribution in [2.24, 2.45) is 0 Å². The molecular formula is C17H15F3O3S. The molecule has 0 saturated carbocycles. The lowest BCUT2D eigenvalue weighted by Crippen LogP contribution is -2.39. The Labute approximate surface area is 138 Å². The number of halogens is 3. The first kappa shape index (κ1) is 18.2. The molecule has 0 amide bonds. The minimum absolute atomic E-state index is 0.0356. The van der Waals surface area contributed by atoms with Gasteiger partial charge in [-0.15, -0.1) is 0 Å². The van der Waals surface area contributed by atoms with Gasteiger partial charge in [0.05, 0.1) is 9.79 Å². The van der Waals surface area contributed by atoms with E-state index in [1.807, 2.05) is 0 Å². The van der Waals surface area contributed by atoms with Gasteiger partial charge in [-0.05, 0) is 42.8 Å². The number of hydrogen-bond acceptors (Lipinski definition) is 3. The Morgan fingerprint density at radius 2 is 1.42 bits per heavy atom. The van der Waals surface area contributed by atoms with Crippen LogP contribution in [0.4, 0.5) is 13.2 Å². The first-order valence-electron chi connectivity index (χ1n) is 6.92. The van der Waals surface area contributed by atoms with Crippen molar-refractivity contribution in [3.8, 4) is 0 Å². The molecular weight excluding hydrogens is 341 g/mol. The average Bonchev–Trinajstić information content (AvgIpc) is 2.53. The van der Waals surface area contributed by atoms with Crippen LogP contribution in [0.5, 0.6) is 0 Å². The van der Waals surface area contributed by atoms with Crippen LogP contribution in [0.3, 0.4) is 0 Å². The zero-order chi connectivity index (χ0) is 18.0. The third kappa shape index (κ3) is 3.85. The Hall–Kier alpha value is -2.12. The fourth-order valence-electron chi connectivity index (χ4n) is 1.85. The lowest BCUT2D eigenvalue weighted by molar-refractivity contribution is -0.232. The van der Waals surface area contributed by atoms with Crippen molar-refractivity contribution >= 4 is 15.9 Å². The molecule has 0 aliphatic rings. The van der Waals surface area contributed by atoms with Crippen LogP contribution in [-0.4, -0.2) is 25.3 Å². The largest absolute Gasteiger partial charge is 0.420 e. The third-order valence-electron chi connectivity index (χ3n) is 3.42. The molecule has 0 radical (unpaired) electrons. The Morgan fingerprint density at radius 1 is 0.917 bits per heavy atom. The quantitative estimate of drug-likeness (QED) is 0.905. The summed E-state index contributed by atoms with van der Waals surface area (Å²) in [5, 5.41) is 9.34. The summed E-state index contributed by atoms with van der Waals surface area (Å²) in [6.07, 6.45) is -3.08. The topological polar surface area (TPSA) is 54.4 Å². The second-order valence-corrected chi connectivity index (χ2v) is 7.31. The van der Waals surface area contributed by atoms with E-state index in [1.54, 1.807) is 18.2 Å². The maximum absolute atomic E-state index is 12.6. The van der Waals surface area contributed by atoms with Crippen molar-refractivity contribution in [3.05, 3.63) is 66.2 Å². The minimum Gasteiger partial charge on any atom is -0.377 e. The molecule has 0 saturated heterocycles. The van der Waals surface area contributed by atoms with Crippen LogP contribution in [0.1, 0.15) is 12.5 Å². The molecule has 128 valence electrons. The Balaban J connectivity index is 2.26. The van der Waals surface area contributed by atoms with Gasteiger partial charge in [-0.2, -0.15) is 13.2 Å². The summed E-state index contributed by atoms with van der Waals surface area (Å²) in [5.41, 5.74) is -2.62. The lowest BCUT2D eigenvalue weighted by Gasteiger charge is -2.22. The van der Waals surface area contributed by atoms with Crippen molar-refractivity contribution in [2.75, 3.05) is 0 Å². The molecule has 0 unspecified atom stereocenters. The molecule has 0 aliphatic heterocycles. The van der Waals surface area contributed by atoms with Gasteiger partial charge in [0.2, 0.25) is 9.84 Å². The molecule has 2 aromatic rings. The van der Waals surface area contributed by atoms with E-state index in [4.69, 9.17) is 0 Å². The van der Waals surface area contributed by atoms with Crippen LogP contribution in [0.15, 0.2) is 70.5 Å². The van der Waals surface area contributed by atoms with Gasteiger partial charge in [-0.25, -0.2) is 8.42 Å². The van der Waals surface area contributed by atoms with E-state index >= 15 is 0 Å². The van der Waals surface area contributed by atoms with Crippen LogP contribution in [0.25, 0.3) is 6.08 Å². The molecule has 0 spiro atoms. The molecule has 0 fully saturated rings. The van der Waals surface area contributed by atoms with Crippen molar-refractivity contribution in [3.63, 3.8) is 0 Å². The van der Waals surface area contributed by atoms with Crippen LogP contribution in [0.2, 0.25) is 0 Å². The molecule has 0 bridgehead atoms. The highest BCUT2D eigenvalue weighted by Crippen LogP contribution is 2.31. The maximum atomic E-state index is 12.6. The fraction of sp³-hybridized carbons (Fsp3) is 0.176. The second-order valence-electron chi connectivity index (χ2n) is 5.36. The number of alkyl halides is 3. The number of hydrogen-bond donors (Lipinski definition) is 1. The van der Waals surface area contributed by atoms with Gasteiger partial charge in [0.1, 0.15) is 0 Å². The first-order chi connectivity index (χ1) is 11.0. The Kier molecular flexibility index (Phi) is 4.87. The van der Waals surface area contributed by atoms with E-state index in [0.717, 1.165) is 6.08 Å². The predicted octanol–water partition coefficient (Wildman–Crippen LogP) is 3.85. The number of benzene rings is 2. The van der Waals surface area contributed by atoms with E-state index in [9.17, 15) is 26.7 Å². The van der Waals surface area contributed by atoms with Gasteiger partial charge in [0.15, 0.2) is 5.60 Å². The highest BCUT2D eigenvalue weighted by Gasteiger charge is 2.47. The maximum Gasteiger partial charge on any atom is 0.420 e. The molecule has 0 heterocycles. The van der Waals surface area contributed by atoms with Gasteiger partial charge >= 0.3 is 6.18 Å². The minimum atomic E-state index is -4.79. The van der Waals surface area contributed by atoms with E-state index in [0.29, 0.717) is 18.6 Å². The molecule has 7 heteroatoms. The monoisotopic (exact) mass is 356 g/mol. The summed E-state index contributed by atoms with van der Waals surface area (Å²) in [6.45, 7) is 0.637. The highest BCUT2D eigenvalue weighted by atomic mass is 32.2. The summed E-state index contributed by atoms with van der Waals surface area (Å²) in [6, 6.07) is 13.2. The van der Waals surface area contributed by atoms with Gasteiger partial charge in [0.25, 0.3) is 0 Å². The summed E-state index contributed by atoms with van der Waals surface area (Å²) in [5.74, 6) is 0. The normalized spacial score (nSPS) is 15.4. The molecule has 1 atom stereocenters. The second kappa shape index (κ2) is 6.41. The van der Waals surface area contributed by atoms with Crippen LogP contribution < -0.4 is 0 Å². The van der Waals surface area contributed by atoms with Gasteiger partial charge in [0, 0.05) is 0 Å². The van der Waals surface area contributed by atoms with Crippen molar-refractivity contribution in [1.29, 1.82) is 0 Å². The first-order valence-corrected chi connectivity index (χ1v) is 8.41. The molecule has 24 heavy (non-hydrogen) atoms.